The van der Waals surface area contributed by atoms with Gasteiger partial charge in [0.05, 0.1) is 26.3 Å². The van der Waals surface area contributed by atoms with Crippen molar-refractivity contribution in [3.8, 4) is 17.2 Å². The van der Waals surface area contributed by atoms with Crippen LogP contribution in [0.2, 0.25) is 5.02 Å². The number of carbonyl (C=O) groups is 1. The van der Waals surface area contributed by atoms with Crippen molar-refractivity contribution in [1.82, 2.24) is 5.32 Å². The number of amides is 1. The van der Waals surface area contributed by atoms with E-state index in [0.29, 0.717) is 22.3 Å². The van der Waals surface area contributed by atoms with Crippen LogP contribution in [0.25, 0.3) is 0 Å². The third kappa shape index (κ3) is 4.79. The molecule has 2 aromatic carbocycles. The average Bonchev–Trinajstić information content (AvgIpc) is 2.59. The van der Waals surface area contributed by atoms with E-state index in [1.54, 1.807) is 38.5 Å². The predicted octanol–water partition coefficient (Wildman–Crippen LogP) is 3.05. The summed E-state index contributed by atoms with van der Waals surface area (Å²) in [6.45, 7) is 0.203. The summed E-state index contributed by atoms with van der Waals surface area (Å²) in [7, 11) is 3.15. The number of hydrogen-bond donors (Lipinski definition) is 1. The van der Waals surface area contributed by atoms with Crippen LogP contribution in [-0.2, 0) is 11.3 Å². The molecule has 0 heterocycles. The number of rotatable bonds is 7. The van der Waals surface area contributed by atoms with E-state index < -0.39 is 0 Å². The fourth-order valence-corrected chi connectivity index (χ4v) is 2.15. The topological polar surface area (TPSA) is 56.8 Å². The molecule has 6 heteroatoms. The number of nitrogens with one attached hydrogen (secondary N) is 1. The maximum atomic E-state index is 11.9. The van der Waals surface area contributed by atoms with Crippen molar-refractivity contribution in [2.24, 2.45) is 0 Å². The molecular weight excluding hydrogens is 318 g/mol. The van der Waals surface area contributed by atoms with Crippen LogP contribution in [0.3, 0.4) is 0 Å². The smallest absolute Gasteiger partial charge is 0.258 e. The lowest BCUT2D eigenvalue weighted by atomic mass is 10.1. The van der Waals surface area contributed by atoms with Gasteiger partial charge >= 0.3 is 0 Å². The van der Waals surface area contributed by atoms with Gasteiger partial charge in [-0.2, -0.15) is 0 Å². The Bertz CT molecular complexity index is 636. The van der Waals surface area contributed by atoms with Crippen LogP contribution in [-0.4, -0.2) is 26.7 Å². The highest BCUT2D eigenvalue weighted by molar-refractivity contribution is 6.30. The zero-order chi connectivity index (χ0) is 16.7. The van der Waals surface area contributed by atoms with E-state index in [0.717, 1.165) is 5.56 Å². The largest absolute Gasteiger partial charge is 0.496 e. The predicted molar refractivity (Wildman–Crippen MR) is 88.3 cm³/mol. The first-order valence-corrected chi connectivity index (χ1v) is 7.36. The molecule has 0 aliphatic heterocycles. The lowest BCUT2D eigenvalue weighted by molar-refractivity contribution is -0.123. The van der Waals surface area contributed by atoms with Crippen molar-refractivity contribution in [3.63, 3.8) is 0 Å². The summed E-state index contributed by atoms with van der Waals surface area (Å²) in [5, 5.41) is 3.40. The minimum Gasteiger partial charge on any atom is -0.496 e. The lowest BCUT2D eigenvalue weighted by Crippen LogP contribution is -2.28. The third-order valence-corrected chi connectivity index (χ3v) is 3.43. The van der Waals surface area contributed by atoms with E-state index >= 15 is 0 Å². The minimum atomic E-state index is -0.243. The van der Waals surface area contributed by atoms with E-state index in [1.807, 2.05) is 18.2 Å². The number of methoxy groups -OCH3 is 2. The molecule has 0 spiro atoms. The Morgan fingerprint density at radius 1 is 1.04 bits per heavy atom. The number of benzene rings is 2. The van der Waals surface area contributed by atoms with E-state index in [-0.39, 0.29) is 19.1 Å². The van der Waals surface area contributed by atoms with Crippen LogP contribution in [0.5, 0.6) is 17.2 Å². The molecule has 2 aromatic rings. The van der Waals surface area contributed by atoms with Crippen molar-refractivity contribution in [1.29, 1.82) is 0 Å². The van der Waals surface area contributed by atoms with Gasteiger partial charge in [-0.3, -0.25) is 4.79 Å². The van der Waals surface area contributed by atoms with Crippen LogP contribution >= 0.6 is 11.6 Å². The van der Waals surface area contributed by atoms with Crippen molar-refractivity contribution < 1.29 is 19.0 Å². The fraction of sp³-hybridized carbons (Fsp3) is 0.235. The zero-order valence-corrected chi connectivity index (χ0v) is 13.7. The van der Waals surface area contributed by atoms with E-state index in [2.05, 4.69) is 5.32 Å². The number of carbonyl (C=O) groups excluding carboxylic acids is 1. The van der Waals surface area contributed by atoms with Gasteiger partial charge in [-0.25, -0.2) is 0 Å². The van der Waals surface area contributed by atoms with E-state index in [9.17, 15) is 4.79 Å². The number of halogens is 1. The van der Waals surface area contributed by atoms with Crippen molar-refractivity contribution >= 4 is 17.5 Å². The molecule has 1 amide bonds. The summed E-state index contributed by atoms with van der Waals surface area (Å²) >= 11 is 5.79. The van der Waals surface area contributed by atoms with Gasteiger partial charge in [0.1, 0.15) is 17.2 Å². The molecule has 23 heavy (non-hydrogen) atoms. The van der Waals surface area contributed by atoms with Crippen LogP contribution < -0.4 is 19.5 Å². The molecule has 1 N–H and O–H groups in total. The van der Waals surface area contributed by atoms with Gasteiger partial charge in [-0.15, -0.1) is 0 Å². The molecule has 0 radical (unpaired) electrons. The van der Waals surface area contributed by atoms with Crippen LogP contribution in [0, 0.1) is 0 Å². The highest BCUT2D eigenvalue weighted by atomic mass is 35.5. The Morgan fingerprint density at radius 2 is 1.65 bits per heavy atom. The summed E-state index contributed by atoms with van der Waals surface area (Å²) in [5.41, 5.74) is 0.775. The first-order chi connectivity index (χ1) is 11.1. The van der Waals surface area contributed by atoms with Crippen LogP contribution in [0.15, 0.2) is 42.5 Å². The van der Waals surface area contributed by atoms with Crippen LogP contribution in [0.4, 0.5) is 0 Å². The Labute approximate surface area is 140 Å². The summed E-state index contributed by atoms with van der Waals surface area (Å²) < 4.78 is 16.0. The molecule has 0 aliphatic rings. The summed E-state index contributed by atoms with van der Waals surface area (Å²) in [5.74, 6) is 1.65. The van der Waals surface area contributed by atoms with E-state index in [1.165, 1.54) is 0 Å². The first kappa shape index (κ1) is 17.0. The standard InChI is InChI=1S/C17H18ClNO4/c1-21-15-4-3-5-16(22-2)14(15)10-19-17(20)11-23-13-8-6-12(18)7-9-13/h3-9H,10-11H2,1-2H3,(H,19,20). The molecule has 2 rings (SSSR count). The van der Waals surface area contributed by atoms with Gasteiger partial charge in [0, 0.05) is 5.02 Å². The molecule has 122 valence electrons. The normalized spacial score (nSPS) is 10.0. The van der Waals surface area contributed by atoms with Gasteiger partial charge in [-0.1, -0.05) is 17.7 Å². The second kappa shape index (κ2) is 8.29. The second-order valence-electron chi connectivity index (χ2n) is 4.66. The lowest BCUT2D eigenvalue weighted by Gasteiger charge is -2.14. The number of ether oxygens (including phenoxy) is 3. The molecule has 0 saturated heterocycles. The fourth-order valence-electron chi connectivity index (χ4n) is 2.02. The molecule has 0 saturated carbocycles. The Balaban J connectivity index is 1.90. The Kier molecular flexibility index (Phi) is 6.11. The molecule has 5 nitrogen and oxygen atoms in total. The summed E-state index contributed by atoms with van der Waals surface area (Å²) in [6.07, 6.45) is 0. The van der Waals surface area contributed by atoms with Gasteiger partial charge in [0.2, 0.25) is 0 Å². The zero-order valence-electron chi connectivity index (χ0n) is 13.0. The molecule has 0 unspecified atom stereocenters. The average molecular weight is 336 g/mol. The first-order valence-electron chi connectivity index (χ1n) is 6.99. The number of hydrogen-bond acceptors (Lipinski definition) is 4. The van der Waals surface area contributed by atoms with Crippen molar-refractivity contribution in [2.45, 2.75) is 6.54 Å². The molecule has 0 aliphatic carbocycles. The van der Waals surface area contributed by atoms with Gasteiger partial charge in [0.15, 0.2) is 6.61 Å². The Hall–Kier alpha value is -2.40. The highest BCUT2D eigenvalue weighted by Crippen LogP contribution is 2.27. The maximum Gasteiger partial charge on any atom is 0.258 e. The SMILES string of the molecule is COc1cccc(OC)c1CNC(=O)COc1ccc(Cl)cc1. The van der Waals surface area contributed by atoms with Gasteiger partial charge in [0.25, 0.3) is 5.91 Å². The maximum absolute atomic E-state index is 11.9. The van der Waals surface area contributed by atoms with Gasteiger partial charge in [-0.05, 0) is 36.4 Å². The quantitative estimate of drug-likeness (QED) is 0.845. The Morgan fingerprint density at radius 3 is 2.22 bits per heavy atom. The van der Waals surface area contributed by atoms with Crippen molar-refractivity contribution in [3.05, 3.63) is 53.1 Å². The monoisotopic (exact) mass is 335 g/mol. The molecule has 0 fully saturated rings. The van der Waals surface area contributed by atoms with Crippen LogP contribution in [0.1, 0.15) is 5.56 Å². The summed E-state index contributed by atoms with van der Waals surface area (Å²) in [6, 6.07) is 12.3. The second-order valence-corrected chi connectivity index (χ2v) is 5.10. The van der Waals surface area contributed by atoms with Gasteiger partial charge < -0.3 is 19.5 Å². The molecule has 0 bridgehead atoms. The minimum absolute atomic E-state index is 0.0842. The highest BCUT2D eigenvalue weighted by Gasteiger charge is 2.11. The van der Waals surface area contributed by atoms with E-state index in [4.69, 9.17) is 25.8 Å². The van der Waals surface area contributed by atoms with Crippen molar-refractivity contribution in [2.75, 3.05) is 20.8 Å². The molecule has 0 atom stereocenters. The molecular formula is C17H18ClNO4. The third-order valence-electron chi connectivity index (χ3n) is 3.18. The molecule has 0 aromatic heterocycles. The summed E-state index contributed by atoms with van der Waals surface area (Å²) in [4.78, 5) is 11.9.